The van der Waals surface area contributed by atoms with Crippen LogP contribution in [0.5, 0.6) is 0 Å². The lowest BCUT2D eigenvalue weighted by Crippen LogP contribution is -2.49. The number of aryl methyl sites for hydroxylation is 2. The molecule has 23 heavy (non-hydrogen) atoms. The maximum Gasteiger partial charge on any atom is 0.227 e. The van der Waals surface area contributed by atoms with Gasteiger partial charge in [-0.3, -0.25) is 4.79 Å². The molecule has 0 spiro atoms. The summed E-state index contributed by atoms with van der Waals surface area (Å²) in [5, 5.41) is 4.65. The van der Waals surface area contributed by atoms with Gasteiger partial charge in [-0.1, -0.05) is 16.8 Å². The highest BCUT2D eigenvalue weighted by Gasteiger charge is 2.23. The van der Waals surface area contributed by atoms with Crippen LogP contribution in [-0.4, -0.2) is 42.1 Å². The van der Waals surface area contributed by atoms with Crippen LogP contribution in [0.3, 0.4) is 0 Å². The molecule has 0 aliphatic carbocycles. The van der Waals surface area contributed by atoms with Gasteiger partial charge in [0.2, 0.25) is 5.91 Å². The molecule has 0 radical (unpaired) electrons. The van der Waals surface area contributed by atoms with Crippen molar-refractivity contribution in [3.05, 3.63) is 46.3 Å². The van der Waals surface area contributed by atoms with Crippen LogP contribution in [0.2, 0.25) is 5.02 Å². The van der Waals surface area contributed by atoms with Gasteiger partial charge in [0.15, 0.2) is 0 Å². The third-order valence-corrected chi connectivity index (χ3v) is 4.59. The summed E-state index contributed by atoms with van der Waals surface area (Å²) in [6.07, 6.45) is 0.363. The number of carbonyl (C=O) groups is 1. The highest BCUT2D eigenvalue weighted by Crippen LogP contribution is 2.20. The summed E-state index contributed by atoms with van der Waals surface area (Å²) in [6.45, 7) is 6.83. The van der Waals surface area contributed by atoms with Gasteiger partial charge in [-0.25, -0.2) is 0 Å². The van der Waals surface area contributed by atoms with Crippen LogP contribution in [0.1, 0.15) is 17.0 Å². The summed E-state index contributed by atoms with van der Waals surface area (Å²) in [5.41, 5.74) is 2.86. The first-order valence-corrected chi connectivity index (χ1v) is 8.12. The van der Waals surface area contributed by atoms with E-state index in [0.717, 1.165) is 53.9 Å². The van der Waals surface area contributed by atoms with E-state index in [1.54, 1.807) is 0 Å². The molecule has 1 aliphatic heterocycles. The number of rotatable bonds is 3. The van der Waals surface area contributed by atoms with E-state index in [-0.39, 0.29) is 5.91 Å². The Hall–Kier alpha value is -2.01. The number of piperazine rings is 1. The number of amides is 1. The van der Waals surface area contributed by atoms with Gasteiger partial charge < -0.3 is 14.3 Å². The second-order valence-corrected chi connectivity index (χ2v) is 6.26. The highest BCUT2D eigenvalue weighted by molar-refractivity contribution is 6.30. The normalized spacial score (nSPS) is 15.1. The van der Waals surface area contributed by atoms with Crippen molar-refractivity contribution in [2.45, 2.75) is 20.3 Å². The van der Waals surface area contributed by atoms with Gasteiger partial charge in [0.25, 0.3) is 0 Å². The van der Waals surface area contributed by atoms with Gasteiger partial charge in [0.05, 0.1) is 12.1 Å². The Morgan fingerprint density at radius 1 is 1.17 bits per heavy atom. The number of hydrogen-bond donors (Lipinski definition) is 0. The predicted molar refractivity (Wildman–Crippen MR) is 89.9 cm³/mol. The Morgan fingerprint density at radius 3 is 2.39 bits per heavy atom. The number of carbonyl (C=O) groups excluding carboxylic acids is 1. The fourth-order valence-electron chi connectivity index (χ4n) is 2.88. The number of anilines is 1. The van der Waals surface area contributed by atoms with Crippen LogP contribution in [0, 0.1) is 13.8 Å². The lowest BCUT2D eigenvalue weighted by molar-refractivity contribution is -0.130. The maximum atomic E-state index is 12.5. The second kappa shape index (κ2) is 6.62. The van der Waals surface area contributed by atoms with Crippen LogP contribution >= 0.6 is 11.6 Å². The average Bonchev–Trinajstić information content (AvgIpc) is 2.87. The van der Waals surface area contributed by atoms with Gasteiger partial charge in [0, 0.05) is 42.5 Å². The Kier molecular flexibility index (Phi) is 4.57. The van der Waals surface area contributed by atoms with E-state index in [4.69, 9.17) is 16.1 Å². The summed E-state index contributed by atoms with van der Waals surface area (Å²) in [7, 11) is 0. The fraction of sp³-hybridized carbons (Fsp3) is 0.412. The first kappa shape index (κ1) is 15.9. The Balaban J connectivity index is 1.58. The van der Waals surface area contributed by atoms with Crippen molar-refractivity contribution >= 4 is 23.2 Å². The van der Waals surface area contributed by atoms with Gasteiger partial charge in [-0.2, -0.15) is 0 Å². The zero-order valence-corrected chi connectivity index (χ0v) is 14.1. The molecule has 1 amide bonds. The van der Waals surface area contributed by atoms with E-state index in [1.807, 2.05) is 43.0 Å². The molecule has 0 unspecified atom stereocenters. The monoisotopic (exact) mass is 333 g/mol. The average molecular weight is 334 g/mol. The first-order valence-electron chi connectivity index (χ1n) is 7.74. The fourth-order valence-corrected chi connectivity index (χ4v) is 3.01. The smallest absolute Gasteiger partial charge is 0.227 e. The lowest BCUT2D eigenvalue weighted by atomic mass is 10.1. The zero-order valence-electron chi connectivity index (χ0n) is 13.4. The summed E-state index contributed by atoms with van der Waals surface area (Å²) in [6, 6.07) is 7.82. The molecule has 1 aliphatic rings. The summed E-state index contributed by atoms with van der Waals surface area (Å²) in [5.74, 6) is 0.866. The van der Waals surface area contributed by atoms with E-state index in [2.05, 4.69) is 10.1 Å². The molecule has 6 heteroatoms. The molecule has 0 atom stereocenters. The predicted octanol–water partition coefficient (Wildman–Crippen LogP) is 2.84. The van der Waals surface area contributed by atoms with Crippen LogP contribution < -0.4 is 4.90 Å². The molecule has 1 aromatic heterocycles. The Bertz CT molecular complexity index is 669. The molecule has 1 aromatic carbocycles. The summed E-state index contributed by atoms with van der Waals surface area (Å²) < 4.78 is 5.13. The van der Waals surface area contributed by atoms with Crippen molar-refractivity contribution in [1.82, 2.24) is 10.1 Å². The SMILES string of the molecule is Cc1noc(C)c1CC(=O)N1CCN(c2ccc(Cl)cc2)CC1. The number of hydrogen-bond acceptors (Lipinski definition) is 4. The van der Waals surface area contributed by atoms with Gasteiger partial charge >= 0.3 is 0 Å². The third kappa shape index (κ3) is 3.50. The first-order chi connectivity index (χ1) is 11.0. The van der Waals surface area contributed by atoms with Gasteiger partial charge in [-0.15, -0.1) is 0 Å². The molecule has 3 rings (SSSR count). The van der Waals surface area contributed by atoms with E-state index < -0.39 is 0 Å². The lowest BCUT2D eigenvalue weighted by Gasteiger charge is -2.36. The van der Waals surface area contributed by atoms with Crippen molar-refractivity contribution in [3.63, 3.8) is 0 Å². The molecular formula is C17H20ClN3O2. The number of aromatic nitrogens is 1. The molecule has 2 aromatic rings. The topological polar surface area (TPSA) is 49.6 Å². The largest absolute Gasteiger partial charge is 0.368 e. The van der Waals surface area contributed by atoms with Crippen molar-refractivity contribution in [3.8, 4) is 0 Å². The molecule has 0 saturated carbocycles. The molecule has 2 heterocycles. The van der Waals surface area contributed by atoms with Gasteiger partial charge in [0.1, 0.15) is 5.76 Å². The molecule has 122 valence electrons. The van der Waals surface area contributed by atoms with E-state index in [1.165, 1.54) is 0 Å². The molecule has 0 bridgehead atoms. The second-order valence-electron chi connectivity index (χ2n) is 5.82. The van der Waals surface area contributed by atoms with Crippen LogP contribution in [0.15, 0.2) is 28.8 Å². The minimum absolute atomic E-state index is 0.134. The minimum atomic E-state index is 0.134. The number of halogens is 1. The van der Waals surface area contributed by atoms with E-state index >= 15 is 0 Å². The molecule has 1 fully saturated rings. The maximum absolute atomic E-state index is 12.5. The minimum Gasteiger partial charge on any atom is -0.368 e. The highest BCUT2D eigenvalue weighted by atomic mass is 35.5. The van der Waals surface area contributed by atoms with Gasteiger partial charge in [-0.05, 0) is 38.1 Å². The molecule has 1 saturated heterocycles. The van der Waals surface area contributed by atoms with Crippen LogP contribution in [0.4, 0.5) is 5.69 Å². The van der Waals surface area contributed by atoms with E-state index in [9.17, 15) is 4.79 Å². The Labute approximate surface area is 140 Å². The van der Waals surface area contributed by atoms with Crippen molar-refractivity contribution < 1.29 is 9.32 Å². The molecule has 0 N–H and O–H groups in total. The van der Waals surface area contributed by atoms with Crippen molar-refractivity contribution in [1.29, 1.82) is 0 Å². The van der Waals surface area contributed by atoms with E-state index in [0.29, 0.717) is 6.42 Å². The zero-order chi connectivity index (χ0) is 16.4. The molecule has 5 nitrogen and oxygen atoms in total. The van der Waals surface area contributed by atoms with Crippen molar-refractivity contribution in [2.75, 3.05) is 31.1 Å². The molecular weight excluding hydrogens is 314 g/mol. The van der Waals surface area contributed by atoms with Crippen LogP contribution in [-0.2, 0) is 11.2 Å². The Morgan fingerprint density at radius 2 is 1.83 bits per heavy atom. The third-order valence-electron chi connectivity index (χ3n) is 4.33. The number of nitrogens with zero attached hydrogens (tertiary/aromatic N) is 3. The standard InChI is InChI=1S/C17H20ClN3O2/c1-12-16(13(2)23-19-12)11-17(22)21-9-7-20(8-10-21)15-5-3-14(18)4-6-15/h3-6H,7-11H2,1-2H3. The summed E-state index contributed by atoms with van der Waals surface area (Å²) >= 11 is 5.92. The quantitative estimate of drug-likeness (QED) is 0.866. The summed E-state index contributed by atoms with van der Waals surface area (Å²) in [4.78, 5) is 16.7. The van der Waals surface area contributed by atoms with Crippen LogP contribution in [0.25, 0.3) is 0 Å². The number of benzene rings is 1. The van der Waals surface area contributed by atoms with Crippen molar-refractivity contribution in [2.24, 2.45) is 0 Å².